The van der Waals surface area contributed by atoms with Crippen molar-refractivity contribution in [1.29, 1.82) is 0 Å². The molecular weight excluding hydrogens is 241 g/mol. The van der Waals surface area contributed by atoms with Gasteiger partial charge < -0.3 is 13.9 Å². The lowest BCUT2D eigenvalue weighted by molar-refractivity contribution is 0.0526. The van der Waals surface area contributed by atoms with Crippen molar-refractivity contribution in [3.05, 3.63) is 0 Å². The van der Waals surface area contributed by atoms with Crippen molar-refractivity contribution in [2.75, 3.05) is 39.5 Å². The van der Waals surface area contributed by atoms with E-state index < -0.39 is 6.49 Å². The predicted molar refractivity (Wildman–Crippen MR) is 70.4 cm³/mol. The lowest BCUT2D eigenvalue weighted by Crippen LogP contribution is -2.39. The van der Waals surface area contributed by atoms with E-state index in [9.17, 15) is 0 Å². The molecule has 2 saturated heterocycles. The molecule has 2 rings (SSSR count). The van der Waals surface area contributed by atoms with Gasteiger partial charge in [-0.25, -0.2) is 0 Å². The first-order valence-electron chi connectivity index (χ1n) is 6.19. The highest BCUT2D eigenvalue weighted by atomic mass is 32.5. The Bertz CT molecular complexity index is 267. The molecule has 16 heavy (non-hydrogen) atoms. The van der Waals surface area contributed by atoms with Gasteiger partial charge in [-0.3, -0.25) is 0 Å². The smallest absolute Gasteiger partial charge is 0.185 e. The molecule has 2 aliphatic rings. The van der Waals surface area contributed by atoms with Crippen molar-refractivity contribution in [3.63, 3.8) is 0 Å². The van der Waals surface area contributed by atoms with Gasteiger partial charge in [0.2, 0.25) is 0 Å². The molecule has 0 saturated carbocycles. The second-order valence-corrected chi connectivity index (χ2v) is 8.94. The van der Waals surface area contributed by atoms with Crippen LogP contribution in [0.3, 0.4) is 0 Å². The molecule has 2 fully saturated rings. The van der Waals surface area contributed by atoms with Gasteiger partial charge in [-0.15, -0.1) is 0 Å². The van der Waals surface area contributed by atoms with Gasteiger partial charge in [-0.05, 0) is 50.2 Å². The molecule has 2 heterocycles. The standard InChI is InChI=1S/C11H22NO2PS/c1-3-12-6-4-10(5-7-12)11-8-13-15(2,16)14-9-11/h10-11H,3-9H2,1-2H3. The monoisotopic (exact) mass is 263 g/mol. The number of likely N-dealkylation sites (tertiary alicyclic amines) is 1. The molecule has 0 radical (unpaired) electrons. The Kier molecular flexibility index (Phi) is 4.42. The first-order chi connectivity index (χ1) is 7.61. The van der Waals surface area contributed by atoms with Crippen molar-refractivity contribution >= 4 is 18.3 Å². The van der Waals surface area contributed by atoms with E-state index in [1.54, 1.807) is 0 Å². The Labute approximate surface area is 104 Å². The first-order valence-corrected chi connectivity index (χ1v) is 9.28. The van der Waals surface area contributed by atoms with Crippen molar-refractivity contribution in [1.82, 2.24) is 4.90 Å². The molecule has 0 bridgehead atoms. The van der Waals surface area contributed by atoms with Gasteiger partial charge >= 0.3 is 0 Å². The molecule has 0 aromatic heterocycles. The van der Waals surface area contributed by atoms with Crippen molar-refractivity contribution in [3.8, 4) is 0 Å². The van der Waals surface area contributed by atoms with Gasteiger partial charge in [0, 0.05) is 12.6 Å². The van der Waals surface area contributed by atoms with Crippen molar-refractivity contribution in [2.24, 2.45) is 11.8 Å². The summed E-state index contributed by atoms with van der Waals surface area (Å²) < 4.78 is 11.3. The van der Waals surface area contributed by atoms with Gasteiger partial charge in [0.25, 0.3) is 0 Å². The largest absolute Gasteiger partial charge is 0.329 e. The SMILES string of the molecule is CCN1CCC(C2COP(C)(=S)OC2)CC1. The minimum atomic E-state index is -1.87. The Morgan fingerprint density at radius 1 is 1.19 bits per heavy atom. The van der Waals surface area contributed by atoms with Crippen LogP contribution in [0.15, 0.2) is 0 Å². The summed E-state index contributed by atoms with van der Waals surface area (Å²) in [6, 6.07) is 0. The fourth-order valence-electron chi connectivity index (χ4n) is 2.56. The van der Waals surface area contributed by atoms with Crippen LogP contribution in [-0.2, 0) is 20.9 Å². The number of nitrogens with zero attached hydrogens (tertiary/aromatic N) is 1. The summed E-state index contributed by atoms with van der Waals surface area (Å²) in [5, 5.41) is 0. The minimum Gasteiger partial charge on any atom is -0.329 e. The van der Waals surface area contributed by atoms with Crippen molar-refractivity contribution in [2.45, 2.75) is 19.8 Å². The zero-order chi connectivity index (χ0) is 11.6. The molecule has 0 spiro atoms. The topological polar surface area (TPSA) is 21.7 Å². The molecule has 3 nitrogen and oxygen atoms in total. The lowest BCUT2D eigenvalue weighted by Gasteiger charge is -2.38. The Hall–Kier alpha value is 0.530. The van der Waals surface area contributed by atoms with Crippen LogP contribution >= 0.6 is 6.49 Å². The van der Waals surface area contributed by atoms with Crippen LogP contribution < -0.4 is 0 Å². The summed E-state index contributed by atoms with van der Waals surface area (Å²) in [5.74, 6) is 1.35. The van der Waals surface area contributed by atoms with E-state index in [1.807, 2.05) is 6.66 Å². The maximum atomic E-state index is 5.67. The van der Waals surface area contributed by atoms with Gasteiger partial charge in [-0.2, -0.15) is 0 Å². The molecular formula is C11H22NO2PS. The van der Waals surface area contributed by atoms with E-state index in [2.05, 4.69) is 11.8 Å². The van der Waals surface area contributed by atoms with Gasteiger partial charge in [0.15, 0.2) is 6.49 Å². The molecule has 0 amide bonds. The second kappa shape index (κ2) is 5.45. The average molecular weight is 263 g/mol. The fourth-order valence-corrected chi connectivity index (χ4v) is 3.92. The van der Waals surface area contributed by atoms with E-state index in [0.717, 1.165) is 19.1 Å². The maximum absolute atomic E-state index is 5.67. The number of hydrogen-bond acceptors (Lipinski definition) is 4. The molecule has 0 aromatic rings. The highest BCUT2D eigenvalue weighted by Gasteiger charge is 2.31. The van der Waals surface area contributed by atoms with Crippen LogP contribution in [0.1, 0.15) is 19.8 Å². The molecule has 0 N–H and O–H groups in total. The van der Waals surface area contributed by atoms with E-state index in [0.29, 0.717) is 5.92 Å². The van der Waals surface area contributed by atoms with E-state index in [4.69, 9.17) is 20.9 Å². The quantitative estimate of drug-likeness (QED) is 0.713. The Morgan fingerprint density at radius 3 is 2.25 bits per heavy atom. The first kappa shape index (κ1) is 13.0. The van der Waals surface area contributed by atoms with Crippen LogP contribution in [0.2, 0.25) is 0 Å². The summed E-state index contributed by atoms with van der Waals surface area (Å²) >= 11 is 5.25. The third kappa shape index (κ3) is 3.27. The normalized spacial score (nSPS) is 38.8. The predicted octanol–water partition coefficient (Wildman–Crippen LogP) is 2.32. The summed E-state index contributed by atoms with van der Waals surface area (Å²) in [6.45, 7) is 7.59. The van der Waals surface area contributed by atoms with Crippen molar-refractivity contribution < 1.29 is 9.05 Å². The summed E-state index contributed by atoms with van der Waals surface area (Å²) in [6.07, 6.45) is 2.58. The summed E-state index contributed by atoms with van der Waals surface area (Å²) in [4.78, 5) is 2.52. The highest BCUT2D eigenvalue weighted by molar-refractivity contribution is 8.09. The van der Waals surface area contributed by atoms with E-state index in [1.165, 1.54) is 32.5 Å². The molecule has 2 aliphatic heterocycles. The molecule has 0 atom stereocenters. The second-order valence-electron chi connectivity index (χ2n) is 4.89. The zero-order valence-corrected chi connectivity index (χ0v) is 11.9. The third-order valence-corrected chi connectivity index (χ3v) is 5.66. The number of piperidine rings is 1. The van der Waals surface area contributed by atoms with Gasteiger partial charge in [0.05, 0.1) is 13.2 Å². The minimum absolute atomic E-state index is 0.579. The van der Waals surface area contributed by atoms with Gasteiger partial charge in [0.1, 0.15) is 0 Å². The van der Waals surface area contributed by atoms with Crippen LogP contribution in [0.25, 0.3) is 0 Å². The Morgan fingerprint density at radius 2 is 1.75 bits per heavy atom. The van der Waals surface area contributed by atoms with Crippen LogP contribution in [0.4, 0.5) is 0 Å². The maximum Gasteiger partial charge on any atom is 0.185 e. The highest BCUT2D eigenvalue weighted by Crippen LogP contribution is 2.49. The number of hydrogen-bond donors (Lipinski definition) is 0. The van der Waals surface area contributed by atoms with E-state index in [-0.39, 0.29) is 0 Å². The third-order valence-electron chi connectivity index (χ3n) is 3.79. The molecule has 0 aromatic carbocycles. The molecule has 5 heteroatoms. The average Bonchev–Trinajstić information content (AvgIpc) is 2.29. The lowest BCUT2D eigenvalue weighted by atomic mass is 9.85. The molecule has 0 aliphatic carbocycles. The summed E-state index contributed by atoms with van der Waals surface area (Å²) in [5.41, 5.74) is 0. The number of rotatable bonds is 2. The summed E-state index contributed by atoms with van der Waals surface area (Å²) in [7, 11) is 0. The van der Waals surface area contributed by atoms with Crippen LogP contribution in [0.5, 0.6) is 0 Å². The van der Waals surface area contributed by atoms with Gasteiger partial charge in [-0.1, -0.05) is 6.92 Å². The van der Waals surface area contributed by atoms with Crippen LogP contribution in [0, 0.1) is 11.8 Å². The fraction of sp³-hybridized carbons (Fsp3) is 1.00. The van der Waals surface area contributed by atoms with E-state index >= 15 is 0 Å². The Balaban J connectivity index is 1.80. The zero-order valence-electron chi connectivity index (χ0n) is 10.2. The molecule has 94 valence electrons. The van der Waals surface area contributed by atoms with Crippen LogP contribution in [-0.4, -0.2) is 44.4 Å². The molecule has 0 unspecified atom stereocenters.